The molecule has 5 heteroatoms. The van der Waals surface area contributed by atoms with Crippen molar-refractivity contribution in [2.24, 2.45) is 5.73 Å². The first-order chi connectivity index (χ1) is 8.93. The first-order valence-electron chi connectivity index (χ1n) is 6.45. The zero-order valence-corrected chi connectivity index (χ0v) is 12.6. The molecule has 0 heterocycles. The Labute approximate surface area is 120 Å². The maximum Gasteiger partial charge on any atom is 0.125 e. The quantitative estimate of drug-likeness (QED) is 0.836. The van der Waals surface area contributed by atoms with Crippen LogP contribution in [0.25, 0.3) is 0 Å². The minimum absolute atomic E-state index is 0.00429. The third-order valence-electron chi connectivity index (χ3n) is 3.14. The summed E-state index contributed by atoms with van der Waals surface area (Å²) in [6, 6.07) is 4.59. The lowest BCUT2D eigenvalue weighted by molar-refractivity contribution is 0.235. The van der Waals surface area contributed by atoms with Gasteiger partial charge in [0.05, 0.1) is 0 Å². The second kappa shape index (κ2) is 7.80. The van der Waals surface area contributed by atoms with Crippen molar-refractivity contribution in [1.82, 2.24) is 9.80 Å². The van der Waals surface area contributed by atoms with E-state index in [9.17, 15) is 4.39 Å². The van der Waals surface area contributed by atoms with Crippen LogP contribution in [0.1, 0.15) is 18.0 Å². The fourth-order valence-electron chi connectivity index (χ4n) is 2.13. The molecule has 2 N–H and O–H groups in total. The van der Waals surface area contributed by atoms with E-state index in [2.05, 4.69) is 9.80 Å². The maximum absolute atomic E-state index is 13.4. The molecule has 0 radical (unpaired) electrons. The summed E-state index contributed by atoms with van der Waals surface area (Å²) in [6.07, 6.45) is 1.04. The van der Waals surface area contributed by atoms with Crippen LogP contribution >= 0.6 is 11.6 Å². The van der Waals surface area contributed by atoms with Crippen molar-refractivity contribution in [3.8, 4) is 0 Å². The lowest BCUT2D eigenvalue weighted by atomic mass is 10.1. The van der Waals surface area contributed by atoms with Crippen LogP contribution in [0, 0.1) is 5.82 Å². The summed E-state index contributed by atoms with van der Waals surface area (Å²) in [5.41, 5.74) is 6.65. The van der Waals surface area contributed by atoms with Gasteiger partial charge in [0, 0.05) is 17.6 Å². The molecule has 3 nitrogen and oxygen atoms in total. The molecular weight excluding hydrogens is 265 g/mol. The molecule has 0 saturated carbocycles. The van der Waals surface area contributed by atoms with Crippen molar-refractivity contribution in [1.29, 1.82) is 0 Å². The summed E-state index contributed by atoms with van der Waals surface area (Å²) in [5, 5.41) is 0.412. The van der Waals surface area contributed by atoms with Gasteiger partial charge in [-0.05, 0) is 64.4 Å². The number of rotatable bonds is 7. The summed E-state index contributed by atoms with van der Waals surface area (Å²) in [5.74, 6) is -0.317. The Morgan fingerprint density at radius 1 is 1.21 bits per heavy atom. The Hall–Kier alpha value is -0.680. The summed E-state index contributed by atoms with van der Waals surface area (Å²) in [4.78, 5) is 4.29. The SMILES string of the molecule is CN(C)CCCN(C)C(CN)c1cc(F)cc(Cl)c1. The monoisotopic (exact) mass is 287 g/mol. The first kappa shape index (κ1) is 16.4. The van der Waals surface area contributed by atoms with Gasteiger partial charge in [0.1, 0.15) is 5.82 Å². The Morgan fingerprint density at radius 2 is 1.89 bits per heavy atom. The molecule has 19 heavy (non-hydrogen) atoms. The zero-order valence-electron chi connectivity index (χ0n) is 11.9. The van der Waals surface area contributed by atoms with Crippen LogP contribution in [-0.4, -0.2) is 50.6 Å². The minimum Gasteiger partial charge on any atom is -0.329 e. The van der Waals surface area contributed by atoms with E-state index < -0.39 is 0 Å². The van der Waals surface area contributed by atoms with E-state index >= 15 is 0 Å². The van der Waals surface area contributed by atoms with Crippen LogP contribution in [0.4, 0.5) is 4.39 Å². The third kappa shape index (κ3) is 5.45. The second-order valence-electron chi connectivity index (χ2n) is 5.09. The Balaban J connectivity index is 2.70. The number of halogens is 2. The fourth-order valence-corrected chi connectivity index (χ4v) is 2.36. The molecule has 1 unspecified atom stereocenters. The summed E-state index contributed by atoms with van der Waals surface area (Å²) >= 11 is 5.90. The molecule has 1 aromatic rings. The van der Waals surface area contributed by atoms with Gasteiger partial charge < -0.3 is 10.6 Å². The van der Waals surface area contributed by atoms with Crippen LogP contribution in [0.15, 0.2) is 18.2 Å². The molecule has 0 bridgehead atoms. The van der Waals surface area contributed by atoms with Gasteiger partial charge in [0.25, 0.3) is 0 Å². The molecule has 108 valence electrons. The van der Waals surface area contributed by atoms with Gasteiger partial charge >= 0.3 is 0 Å². The predicted molar refractivity (Wildman–Crippen MR) is 79.0 cm³/mol. The van der Waals surface area contributed by atoms with Crippen LogP contribution < -0.4 is 5.73 Å². The van der Waals surface area contributed by atoms with E-state index in [1.807, 2.05) is 21.1 Å². The lowest BCUT2D eigenvalue weighted by Crippen LogP contribution is -2.32. The highest BCUT2D eigenvalue weighted by Crippen LogP contribution is 2.23. The number of likely N-dealkylation sites (N-methyl/N-ethyl adjacent to an activating group) is 1. The topological polar surface area (TPSA) is 32.5 Å². The fraction of sp³-hybridized carbons (Fsp3) is 0.571. The highest BCUT2D eigenvalue weighted by Gasteiger charge is 2.16. The van der Waals surface area contributed by atoms with Gasteiger partial charge in [0.2, 0.25) is 0 Å². The van der Waals surface area contributed by atoms with Crippen LogP contribution in [-0.2, 0) is 0 Å². The van der Waals surface area contributed by atoms with Crippen molar-refractivity contribution in [2.45, 2.75) is 12.5 Å². The second-order valence-corrected chi connectivity index (χ2v) is 5.53. The lowest BCUT2D eigenvalue weighted by Gasteiger charge is -2.28. The molecule has 0 saturated heterocycles. The number of nitrogens with zero attached hydrogens (tertiary/aromatic N) is 2. The van der Waals surface area contributed by atoms with Crippen LogP contribution in [0.2, 0.25) is 5.02 Å². The average molecular weight is 288 g/mol. The number of hydrogen-bond donors (Lipinski definition) is 1. The van der Waals surface area contributed by atoms with Gasteiger partial charge in [-0.2, -0.15) is 0 Å². The number of nitrogens with two attached hydrogens (primary N) is 1. The number of hydrogen-bond acceptors (Lipinski definition) is 3. The Kier molecular flexibility index (Phi) is 6.72. The van der Waals surface area contributed by atoms with Crippen LogP contribution in [0.5, 0.6) is 0 Å². The minimum atomic E-state index is -0.317. The highest BCUT2D eigenvalue weighted by atomic mass is 35.5. The summed E-state index contributed by atoms with van der Waals surface area (Å²) < 4.78 is 13.4. The van der Waals surface area contributed by atoms with Crippen molar-refractivity contribution < 1.29 is 4.39 Å². The summed E-state index contributed by atoms with van der Waals surface area (Å²) in [6.45, 7) is 2.37. The van der Waals surface area contributed by atoms with Gasteiger partial charge in [-0.25, -0.2) is 4.39 Å². The van der Waals surface area contributed by atoms with E-state index in [-0.39, 0.29) is 11.9 Å². The van der Waals surface area contributed by atoms with E-state index in [1.54, 1.807) is 6.07 Å². The zero-order chi connectivity index (χ0) is 14.4. The first-order valence-corrected chi connectivity index (χ1v) is 6.83. The Morgan fingerprint density at radius 3 is 2.42 bits per heavy atom. The molecule has 1 aromatic carbocycles. The Bertz CT molecular complexity index is 378. The van der Waals surface area contributed by atoms with Crippen molar-refractivity contribution in [2.75, 3.05) is 40.8 Å². The van der Waals surface area contributed by atoms with E-state index in [1.165, 1.54) is 12.1 Å². The number of benzene rings is 1. The van der Waals surface area contributed by atoms with E-state index in [0.29, 0.717) is 11.6 Å². The van der Waals surface area contributed by atoms with Gasteiger partial charge in [-0.3, -0.25) is 4.90 Å². The van der Waals surface area contributed by atoms with E-state index in [0.717, 1.165) is 25.1 Å². The van der Waals surface area contributed by atoms with E-state index in [4.69, 9.17) is 17.3 Å². The van der Waals surface area contributed by atoms with Gasteiger partial charge in [-0.1, -0.05) is 11.6 Å². The van der Waals surface area contributed by atoms with Gasteiger partial charge in [-0.15, -0.1) is 0 Å². The molecular formula is C14H23ClFN3. The molecule has 1 atom stereocenters. The van der Waals surface area contributed by atoms with Crippen molar-refractivity contribution in [3.05, 3.63) is 34.6 Å². The molecule has 0 amide bonds. The van der Waals surface area contributed by atoms with Crippen LogP contribution in [0.3, 0.4) is 0 Å². The predicted octanol–water partition coefficient (Wildman–Crippen LogP) is 2.36. The third-order valence-corrected chi connectivity index (χ3v) is 3.36. The largest absolute Gasteiger partial charge is 0.329 e. The smallest absolute Gasteiger partial charge is 0.125 e. The standard InChI is InChI=1S/C14H23ClFN3/c1-18(2)5-4-6-19(3)14(10-17)11-7-12(15)9-13(16)8-11/h7-9,14H,4-6,10,17H2,1-3H3. The molecule has 0 aliphatic heterocycles. The molecule has 0 aliphatic carbocycles. The van der Waals surface area contributed by atoms with Gasteiger partial charge in [0.15, 0.2) is 0 Å². The molecule has 0 aromatic heterocycles. The normalized spacial score (nSPS) is 13.3. The van der Waals surface area contributed by atoms with Crippen molar-refractivity contribution in [3.63, 3.8) is 0 Å². The molecule has 0 fully saturated rings. The summed E-state index contributed by atoms with van der Waals surface area (Å²) in [7, 11) is 6.10. The highest BCUT2D eigenvalue weighted by molar-refractivity contribution is 6.30. The van der Waals surface area contributed by atoms with Crippen molar-refractivity contribution >= 4 is 11.6 Å². The molecule has 0 spiro atoms. The average Bonchev–Trinajstić information content (AvgIpc) is 2.27. The molecule has 1 rings (SSSR count). The maximum atomic E-state index is 13.4. The molecule has 0 aliphatic rings.